The Balaban J connectivity index is 1.53. The summed E-state index contributed by atoms with van der Waals surface area (Å²) in [6.07, 6.45) is 10.8. The van der Waals surface area contributed by atoms with Crippen LogP contribution >= 0.6 is 0 Å². The second-order valence-corrected chi connectivity index (χ2v) is 9.27. The summed E-state index contributed by atoms with van der Waals surface area (Å²) in [6.45, 7) is 7.77. The first kappa shape index (κ1) is 14.8. The van der Waals surface area contributed by atoms with Crippen molar-refractivity contribution in [1.82, 2.24) is 4.90 Å². The molecule has 2 heteroatoms. The number of hydrogen-bond acceptors (Lipinski definition) is 2. The van der Waals surface area contributed by atoms with Crippen LogP contribution in [0.25, 0.3) is 0 Å². The van der Waals surface area contributed by atoms with E-state index in [2.05, 4.69) is 25.8 Å². The fourth-order valence-electron chi connectivity index (χ4n) is 5.90. The van der Waals surface area contributed by atoms with E-state index in [9.17, 15) is 0 Å². The predicted molar refractivity (Wildman–Crippen MR) is 85.6 cm³/mol. The molecule has 4 fully saturated rings. The summed E-state index contributed by atoms with van der Waals surface area (Å²) in [7, 11) is 2.29. The van der Waals surface area contributed by atoms with Crippen LogP contribution in [0.2, 0.25) is 0 Å². The molecular weight excluding hydrogens is 244 g/mol. The van der Waals surface area contributed by atoms with Gasteiger partial charge in [0.25, 0.3) is 0 Å². The van der Waals surface area contributed by atoms with Crippen LogP contribution in [0, 0.1) is 28.6 Å². The maximum Gasteiger partial charge on any atom is 0.00417 e. The maximum absolute atomic E-state index is 5.87. The Morgan fingerprint density at radius 3 is 2.00 bits per heavy atom. The number of rotatable bonds is 6. The molecule has 0 aliphatic heterocycles. The highest BCUT2D eigenvalue weighted by atomic mass is 15.1. The quantitative estimate of drug-likeness (QED) is 0.805. The number of hydrogen-bond donors (Lipinski definition) is 1. The Kier molecular flexibility index (Phi) is 3.92. The molecule has 0 aromatic heterocycles. The SMILES string of the molecule is CN(CCC12CC3CC(CC(C3)C1)C2)CC(C)(C)CN. The minimum absolute atomic E-state index is 0.260. The molecule has 4 aliphatic rings. The van der Waals surface area contributed by atoms with Gasteiger partial charge in [0.05, 0.1) is 0 Å². The fraction of sp³-hybridized carbons (Fsp3) is 1.00. The van der Waals surface area contributed by atoms with E-state index >= 15 is 0 Å². The van der Waals surface area contributed by atoms with Crippen molar-refractivity contribution in [2.75, 3.05) is 26.7 Å². The van der Waals surface area contributed by atoms with E-state index in [1.165, 1.54) is 13.0 Å². The molecule has 0 atom stereocenters. The number of nitrogens with zero attached hydrogens (tertiary/aromatic N) is 1. The summed E-state index contributed by atoms with van der Waals surface area (Å²) < 4.78 is 0. The highest BCUT2D eigenvalue weighted by molar-refractivity contribution is 5.01. The first-order valence-electron chi connectivity index (χ1n) is 8.78. The summed E-state index contributed by atoms with van der Waals surface area (Å²) in [5.41, 5.74) is 6.86. The molecule has 0 radical (unpaired) electrons. The predicted octanol–water partition coefficient (Wildman–Crippen LogP) is 3.51. The minimum atomic E-state index is 0.260. The van der Waals surface area contributed by atoms with Gasteiger partial charge in [0, 0.05) is 6.54 Å². The molecule has 0 aromatic rings. The summed E-state index contributed by atoms with van der Waals surface area (Å²) in [4.78, 5) is 2.53. The van der Waals surface area contributed by atoms with E-state index in [1.807, 2.05) is 0 Å². The van der Waals surface area contributed by atoms with Crippen molar-refractivity contribution < 1.29 is 0 Å². The van der Waals surface area contributed by atoms with Crippen molar-refractivity contribution in [3.63, 3.8) is 0 Å². The van der Waals surface area contributed by atoms with E-state index in [0.717, 1.165) is 36.3 Å². The normalized spacial score (nSPS) is 39.8. The molecule has 0 unspecified atom stereocenters. The molecule has 2 N–H and O–H groups in total. The van der Waals surface area contributed by atoms with Crippen LogP contribution in [-0.4, -0.2) is 31.6 Å². The van der Waals surface area contributed by atoms with Gasteiger partial charge in [-0.15, -0.1) is 0 Å². The van der Waals surface area contributed by atoms with Gasteiger partial charge in [-0.25, -0.2) is 0 Å². The fourth-order valence-corrected chi connectivity index (χ4v) is 5.90. The average Bonchev–Trinajstić information content (AvgIpc) is 2.34. The maximum atomic E-state index is 5.87. The molecule has 0 spiro atoms. The van der Waals surface area contributed by atoms with E-state index < -0.39 is 0 Å². The third-order valence-electron chi connectivity index (χ3n) is 6.44. The molecular formula is C18H34N2. The third kappa shape index (κ3) is 3.06. The van der Waals surface area contributed by atoms with Crippen LogP contribution < -0.4 is 5.73 Å². The molecule has 4 saturated carbocycles. The van der Waals surface area contributed by atoms with E-state index in [4.69, 9.17) is 5.73 Å². The zero-order valence-corrected chi connectivity index (χ0v) is 13.8. The summed E-state index contributed by atoms with van der Waals surface area (Å²) in [5, 5.41) is 0. The molecule has 116 valence electrons. The van der Waals surface area contributed by atoms with Crippen molar-refractivity contribution in [2.24, 2.45) is 34.3 Å². The van der Waals surface area contributed by atoms with Gasteiger partial charge in [0.2, 0.25) is 0 Å². The van der Waals surface area contributed by atoms with Crippen molar-refractivity contribution in [1.29, 1.82) is 0 Å². The Hall–Kier alpha value is -0.0800. The molecule has 20 heavy (non-hydrogen) atoms. The smallest absolute Gasteiger partial charge is 0.00417 e. The molecule has 4 bridgehead atoms. The lowest BCUT2D eigenvalue weighted by Crippen LogP contribution is -2.47. The van der Waals surface area contributed by atoms with Gasteiger partial charge in [-0.3, -0.25) is 0 Å². The van der Waals surface area contributed by atoms with Crippen molar-refractivity contribution >= 4 is 0 Å². The molecule has 4 aliphatic carbocycles. The van der Waals surface area contributed by atoms with Crippen LogP contribution in [0.5, 0.6) is 0 Å². The Labute approximate surface area is 125 Å². The molecule has 0 heterocycles. The van der Waals surface area contributed by atoms with Gasteiger partial charge in [-0.1, -0.05) is 13.8 Å². The molecule has 0 amide bonds. The molecule has 0 saturated heterocycles. The van der Waals surface area contributed by atoms with E-state index in [-0.39, 0.29) is 5.41 Å². The first-order chi connectivity index (χ1) is 9.40. The van der Waals surface area contributed by atoms with Gasteiger partial charge in [-0.05, 0) is 93.7 Å². The Bertz CT molecular complexity index is 312. The van der Waals surface area contributed by atoms with Crippen molar-refractivity contribution in [2.45, 2.75) is 58.8 Å². The highest BCUT2D eigenvalue weighted by Gasteiger charge is 2.50. The van der Waals surface area contributed by atoms with Gasteiger partial charge in [-0.2, -0.15) is 0 Å². The van der Waals surface area contributed by atoms with Crippen LogP contribution in [0.1, 0.15) is 58.8 Å². The monoisotopic (exact) mass is 278 g/mol. The standard InChI is InChI=1S/C18H34N2/c1-17(2,12-19)13-20(3)5-4-18-9-14-6-15(10-18)8-16(7-14)11-18/h14-16H,4-13,19H2,1-3H3. The lowest BCUT2D eigenvalue weighted by molar-refractivity contribution is -0.0609. The van der Waals surface area contributed by atoms with Crippen LogP contribution in [-0.2, 0) is 0 Å². The second kappa shape index (κ2) is 5.28. The van der Waals surface area contributed by atoms with Gasteiger partial charge in [0.1, 0.15) is 0 Å². The molecule has 2 nitrogen and oxygen atoms in total. The zero-order valence-electron chi connectivity index (χ0n) is 13.8. The lowest BCUT2D eigenvalue weighted by Gasteiger charge is -2.57. The minimum Gasteiger partial charge on any atom is -0.330 e. The summed E-state index contributed by atoms with van der Waals surface area (Å²) in [5.74, 6) is 3.27. The van der Waals surface area contributed by atoms with E-state index in [1.54, 1.807) is 38.5 Å². The molecule has 4 rings (SSSR count). The third-order valence-corrected chi connectivity index (χ3v) is 6.44. The summed E-state index contributed by atoms with van der Waals surface area (Å²) >= 11 is 0. The Morgan fingerprint density at radius 1 is 1.05 bits per heavy atom. The second-order valence-electron chi connectivity index (χ2n) is 9.27. The largest absolute Gasteiger partial charge is 0.330 e. The average molecular weight is 278 g/mol. The zero-order chi connectivity index (χ0) is 14.4. The number of nitrogens with two attached hydrogens (primary N) is 1. The molecule has 0 aromatic carbocycles. The van der Waals surface area contributed by atoms with E-state index in [0.29, 0.717) is 0 Å². The van der Waals surface area contributed by atoms with Gasteiger partial charge in [0.15, 0.2) is 0 Å². The summed E-state index contributed by atoms with van der Waals surface area (Å²) in [6, 6.07) is 0. The van der Waals surface area contributed by atoms with Crippen molar-refractivity contribution in [3.05, 3.63) is 0 Å². The Morgan fingerprint density at radius 2 is 1.55 bits per heavy atom. The van der Waals surface area contributed by atoms with Crippen molar-refractivity contribution in [3.8, 4) is 0 Å². The topological polar surface area (TPSA) is 29.3 Å². The van der Waals surface area contributed by atoms with Crippen LogP contribution in [0.15, 0.2) is 0 Å². The highest BCUT2D eigenvalue weighted by Crippen LogP contribution is 2.61. The van der Waals surface area contributed by atoms with Gasteiger partial charge < -0.3 is 10.6 Å². The first-order valence-corrected chi connectivity index (χ1v) is 8.78. The lowest BCUT2D eigenvalue weighted by atomic mass is 9.49. The van der Waals surface area contributed by atoms with Crippen LogP contribution in [0.4, 0.5) is 0 Å². The van der Waals surface area contributed by atoms with Crippen LogP contribution in [0.3, 0.4) is 0 Å². The van der Waals surface area contributed by atoms with Gasteiger partial charge >= 0.3 is 0 Å².